The summed E-state index contributed by atoms with van der Waals surface area (Å²) in [5, 5.41) is 3.22. The topological polar surface area (TPSA) is 86.3 Å². The summed E-state index contributed by atoms with van der Waals surface area (Å²) in [4.78, 5) is 27.5. The Labute approximate surface area is 185 Å². The van der Waals surface area contributed by atoms with Gasteiger partial charge in [0.25, 0.3) is 0 Å². The summed E-state index contributed by atoms with van der Waals surface area (Å²) in [6.07, 6.45) is 2.34. The Morgan fingerprint density at radius 1 is 0.938 bits per heavy atom. The second-order valence-corrected chi connectivity index (χ2v) is 8.67. The van der Waals surface area contributed by atoms with Crippen LogP contribution in [0.2, 0.25) is 0 Å². The standard InChI is InChI=1S/C24H24N2O6/c27-22-10-16(12-26(22)17-4-6-19-21(11-17)32-13-31-19)24(28)25-23(14-1-2-14)15-3-5-18-20(9-15)30-8-7-29-18/h3-6,9,11,14,16,23H,1-2,7-8,10,12-13H2,(H,25,28). The molecule has 2 unspecified atom stereocenters. The van der Waals surface area contributed by atoms with Gasteiger partial charge in [0.2, 0.25) is 18.6 Å². The molecule has 0 bridgehead atoms. The molecule has 1 N–H and O–H groups in total. The predicted molar refractivity (Wildman–Crippen MR) is 114 cm³/mol. The van der Waals surface area contributed by atoms with Gasteiger partial charge in [-0.15, -0.1) is 0 Å². The molecule has 32 heavy (non-hydrogen) atoms. The number of anilines is 1. The van der Waals surface area contributed by atoms with Crippen LogP contribution < -0.4 is 29.2 Å². The fourth-order valence-corrected chi connectivity index (χ4v) is 4.61. The molecule has 1 saturated heterocycles. The molecule has 8 nitrogen and oxygen atoms in total. The fraction of sp³-hybridized carbons (Fsp3) is 0.417. The van der Waals surface area contributed by atoms with Crippen molar-refractivity contribution >= 4 is 17.5 Å². The molecule has 0 radical (unpaired) electrons. The van der Waals surface area contributed by atoms with Crippen LogP contribution in [0.5, 0.6) is 23.0 Å². The van der Waals surface area contributed by atoms with Crippen molar-refractivity contribution in [2.75, 3.05) is 31.5 Å². The molecule has 0 spiro atoms. The van der Waals surface area contributed by atoms with Gasteiger partial charge in [-0.2, -0.15) is 0 Å². The van der Waals surface area contributed by atoms with E-state index in [2.05, 4.69) is 5.32 Å². The molecule has 3 heterocycles. The minimum atomic E-state index is -0.397. The van der Waals surface area contributed by atoms with Crippen molar-refractivity contribution in [3.05, 3.63) is 42.0 Å². The Kier molecular flexibility index (Phi) is 4.59. The van der Waals surface area contributed by atoms with E-state index in [9.17, 15) is 9.59 Å². The molecule has 6 rings (SSSR count). The molecule has 2 aromatic carbocycles. The van der Waals surface area contributed by atoms with Crippen molar-refractivity contribution in [2.24, 2.45) is 11.8 Å². The van der Waals surface area contributed by atoms with Gasteiger partial charge < -0.3 is 29.2 Å². The fourth-order valence-electron chi connectivity index (χ4n) is 4.61. The highest BCUT2D eigenvalue weighted by Gasteiger charge is 2.39. The summed E-state index contributed by atoms with van der Waals surface area (Å²) < 4.78 is 22.1. The van der Waals surface area contributed by atoms with Crippen LogP contribution in [-0.4, -0.2) is 38.4 Å². The van der Waals surface area contributed by atoms with E-state index in [0.717, 1.165) is 35.6 Å². The largest absolute Gasteiger partial charge is 0.486 e. The molecule has 1 saturated carbocycles. The third-order valence-electron chi connectivity index (χ3n) is 6.48. The zero-order valence-corrected chi connectivity index (χ0v) is 17.5. The maximum Gasteiger partial charge on any atom is 0.231 e. The summed E-state index contributed by atoms with van der Waals surface area (Å²) >= 11 is 0. The number of amides is 2. The van der Waals surface area contributed by atoms with Crippen molar-refractivity contribution < 1.29 is 28.5 Å². The summed E-state index contributed by atoms with van der Waals surface area (Å²) in [7, 11) is 0. The first-order chi connectivity index (χ1) is 15.7. The molecule has 4 aliphatic rings. The SMILES string of the molecule is O=C(NC(c1ccc2c(c1)OCCO2)C1CC1)C1CC(=O)N(c2ccc3c(c2)OCO3)C1. The van der Waals surface area contributed by atoms with Crippen LogP contribution in [0.15, 0.2) is 36.4 Å². The lowest BCUT2D eigenvalue weighted by Gasteiger charge is -2.24. The zero-order chi connectivity index (χ0) is 21.7. The Hall–Kier alpha value is -3.42. The third-order valence-corrected chi connectivity index (χ3v) is 6.48. The number of benzene rings is 2. The van der Waals surface area contributed by atoms with Crippen LogP contribution in [0.3, 0.4) is 0 Å². The highest BCUT2D eigenvalue weighted by molar-refractivity contribution is 6.00. The molecule has 0 aromatic heterocycles. The predicted octanol–water partition coefficient (Wildman–Crippen LogP) is 2.81. The first kappa shape index (κ1) is 19.3. The quantitative estimate of drug-likeness (QED) is 0.776. The van der Waals surface area contributed by atoms with E-state index in [1.54, 1.807) is 17.0 Å². The van der Waals surface area contributed by atoms with Crippen molar-refractivity contribution in [3.63, 3.8) is 0 Å². The number of hydrogen-bond donors (Lipinski definition) is 1. The maximum atomic E-state index is 13.2. The number of hydrogen-bond acceptors (Lipinski definition) is 6. The van der Waals surface area contributed by atoms with Gasteiger partial charge in [-0.3, -0.25) is 9.59 Å². The van der Waals surface area contributed by atoms with E-state index >= 15 is 0 Å². The van der Waals surface area contributed by atoms with Crippen LogP contribution in [-0.2, 0) is 9.59 Å². The molecule has 2 aromatic rings. The number of nitrogens with zero attached hydrogens (tertiary/aromatic N) is 1. The molecule has 3 aliphatic heterocycles. The van der Waals surface area contributed by atoms with Crippen LogP contribution in [0, 0.1) is 11.8 Å². The highest BCUT2D eigenvalue weighted by Crippen LogP contribution is 2.44. The zero-order valence-electron chi connectivity index (χ0n) is 17.5. The lowest BCUT2D eigenvalue weighted by atomic mass is 9.99. The van der Waals surface area contributed by atoms with Gasteiger partial charge in [-0.05, 0) is 48.6 Å². The van der Waals surface area contributed by atoms with E-state index in [1.807, 2.05) is 24.3 Å². The number of fused-ring (bicyclic) bond motifs is 2. The molecular formula is C24H24N2O6. The Bertz CT molecular complexity index is 1080. The van der Waals surface area contributed by atoms with Crippen LogP contribution in [0.4, 0.5) is 5.69 Å². The third kappa shape index (κ3) is 3.49. The molecule has 166 valence electrons. The molecule has 2 atom stereocenters. The van der Waals surface area contributed by atoms with Crippen molar-refractivity contribution in [2.45, 2.75) is 25.3 Å². The Balaban J connectivity index is 1.17. The van der Waals surface area contributed by atoms with Gasteiger partial charge in [0.1, 0.15) is 13.2 Å². The van der Waals surface area contributed by atoms with Gasteiger partial charge in [0, 0.05) is 24.7 Å². The molecule has 1 aliphatic carbocycles. The molecule has 2 fully saturated rings. The van der Waals surface area contributed by atoms with Gasteiger partial charge in [-0.1, -0.05) is 6.07 Å². The van der Waals surface area contributed by atoms with Gasteiger partial charge in [-0.25, -0.2) is 0 Å². The van der Waals surface area contributed by atoms with Crippen molar-refractivity contribution in [1.29, 1.82) is 0 Å². The minimum absolute atomic E-state index is 0.0636. The highest BCUT2D eigenvalue weighted by atomic mass is 16.7. The Morgan fingerprint density at radius 2 is 1.66 bits per heavy atom. The second kappa shape index (κ2) is 7.62. The monoisotopic (exact) mass is 436 g/mol. The number of rotatable bonds is 5. The van der Waals surface area contributed by atoms with E-state index in [0.29, 0.717) is 37.2 Å². The lowest BCUT2D eigenvalue weighted by Crippen LogP contribution is -2.36. The molecular weight excluding hydrogens is 412 g/mol. The lowest BCUT2D eigenvalue weighted by molar-refractivity contribution is -0.127. The summed E-state index contributed by atoms with van der Waals surface area (Å²) in [6, 6.07) is 11.2. The van der Waals surface area contributed by atoms with E-state index in [1.165, 1.54) is 0 Å². The maximum absolute atomic E-state index is 13.2. The van der Waals surface area contributed by atoms with E-state index < -0.39 is 5.92 Å². The number of carbonyl (C=O) groups is 2. The summed E-state index contributed by atoms with van der Waals surface area (Å²) in [6.45, 7) is 1.60. The number of carbonyl (C=O) groups excluding carboxylic acids is 2. The average molecular weight is 436 g/mol. The first-order valence-corrected chi connectivity index (χ1v) is 11.1. The Morgan fingerprint density at radius 3 is 2.50 bits per heavy atom. The van der Waals surface area contributed by atoms with Crippen LogP contribution >= 0.6 is 0 Å². The van der Waals surface area contributed by atoms with E-state index in [-0.39, 0.29) is 31.1 Å². The van der Waals surface area contributed by atoms with Crippen molar-refractivity contribution in [1.82, 2.24) is 5.32 Å². The average Bonchev–Trinajstić information content (AvgIpc) is 3.41. The number of nitrogens with one attached hydrogen (secondary N) is 1. The van der Waals surface area contributed by atoms with Crippen LogP contribution in [0.1, 0.15) is 30.9 Å². The molecule has 8 heteroatoms. The van der Waals surface area contributed by atoms with Gasteiger partial charge in [0.05, 0.1) is 12.0 Å². The minimum Gasteiger partial charge on any atom is -0.486 e. The summed E-state index contributed by atoms with van der Waals surface area (Å²) in [5.74, 6) is 2.60. The molecule has 2 amide bonds. The van der Waals surface area contributed by atoms with Gasteiger partial charge >= 0.3 is 0 Å². The van der Waals surface area contributed by atoms with Gasteiger partial charge in [0.15, 0.2) is 23.0 Å². The van der Waals surface area contributed by atoms with Crippen LogP contribution in [0.25, 0.3) is 0 Å². The smallest absolute Gasteiger partial charge is 0.231 e. The summed E-state index contributed by atoms with van der Waals surface area (Å²) in [5.41, 5.74) is 1.74. The van der Waals surface area contributed by atoms with Crippen molar-refractivity contribution in [3.8, 4) is 23.0 Å². The number of ether oxygens (including phenoxy) is 4. The second-order valence-electron chi connectivity index (χ2n) is 8.67. The van der Waals surface area contributed by atoms with E-state index in [4.69, 9.17) is 18.9 Å². The first-order valence-electron chi connectivity index (χ1n) is 11.1. The normalized spacial score (nSPS) is 22.1.